The molecule has 7 nitrogen and oxygen atoms in total. The van der Waals surface area contributed by atoms with Crippen molar-refractivity contribution in [2.24, 2.45) is 5.41 Å². The Hall–Kier alpha value is -3.48. The van der Waals surface area contributed by atoms with Crippen LogP contribution in [-0.4, -0.2) is 39.2 Å². The number of nitrogens with zero attached hydrogens (tertiary/aromatic N) is 1. The molecule has 1 N–H and O–H groups in total. The number of methoxy groups -OCH3 is 2. The Bertz CT molecular complexity index is 999. The second-order valence-corrected chi connectivity index (χ2v) is 7.97. The first kappa shape index (κ1) is 22.2. The topological polar surface area (TPSA) is 77.1 Å². The van der Waals surface area contributed by atoms with Crippen LogP contribution < -0.4 is 24.4 Å². The van der Waals surface area contributed by atoms with Gasteiger partial charge in [-0.2, -0.15) is 0 Å². The van der Waals surface area contributed by atoms with Gasteiger partial charge >= 0.3 is 0 Å². The largest absolute Gasteiger partial charge is 0.493 e. The molecule has 2 aromatic carbocycles. The molecule has 0 saturated carbocycles. The molecule has 0 atom stereocenters. The lowest BCUT2D eigenvalue weighted by atomic mass is 9.93. The Balaban J connectivity index is 1.78. The summed E-state index contributed by atoms with van der Waals surface area (Å²) in [6, 6.07) is 10.7. The van der Waals surface area contributed by atoms with Crippen LogP contribution in [0.2, 0.25) is 0 Å². The number of nitrogens with one attached hydrogen (secondary N) is 1. The summed E-state index contributed by atoms with van der Waals surface area (Å²) in [5.41, 5.74) is 1.38. The molecule has 0 fully saturated rings. The molecule has 3 rings (SSSR count). The molecular formula is C24H28N2O5. The van der Waals surface area contributed by atoms with Crippen LogP contribution in [0.25, 0.3) is 0 Å². The highest BCUT2D eigenvalue weighted by molar-refractivity contribution is 6.00. The van der Waals surface area contributed by atoms with Gasteiger partial charge in [-0.1, -0.05) is 12.1 Å². The minimum atomic E-state index is -0.668. The van der Waals surface area contributed by atoms with E-state index in [2.05, 4.69) is 11.9 Å². The van der Waals surface area contributed by atoms with Crippen molar-refractivity contribution in [1.29, 1.82) is 0 Å². The third-order valence-corrected chi connectivity index (χ3v) is 5.07. The number of amides is 2. The summed E-state index contributed by atoms with van der Waals surface area (Å²) in [5.74, 6) is 1.51. The quantitative estimate of drug-likeness (QED) is 0.684. The Labute approximate surface area is 182 Å². The molecule has 1 aliphatic rings. The predicted molar refractivity (Wildman–Crippen MR) is 120 cm³/mol. The summed E-state index contributed by atoms with van der Waals surface area (Å²) in [4.78, 5) is 27.1. The van der Waals surface area contributed by atoms with Crippen LogP contribution in [0.15, 0.2) is 49.1 Å². The van der Waals surface area contributed by atoms with Gasteiger partial charge in [0.25, 0.3) is 0 Å². The minimum absolute atomic E-state index is 0.0311. The molecule has 0 aliphatic carbocycles. The SMILES string of the molecule is C=CCN1C(=O)C(C)(C)COc2cc(NC(=O)Cc3ccc(OC)c(OC)c3)ccc21. The van der Waals surface area contributed by atoms with Gasteiger partial charge < -0.3 is 24.4 Å². The summed E-state index contributed by atoms with van der Waals surface area (Å²) in [7, 11) is 3.12. The zero-order valence-corrected chi connectivity index (χ0v) is 18.4. The fourth-order valence-electron chi connectivity index (χ4n) is 3.42. The number of hydrogen-bond acceptors (Lipinski definition) is 5. The Morgan fingerprint density at radius 3 is 2.61 bits per heavy atom. The molecule has 2 amide bonds. The standard InChI is InChI=1S/C24H28N2O5/c1-6-11-26-18-9-8-17(14-20(18)31-15-24(2,3)23(26)28)25-22(27)13-16-7-10-19(29-4)21(12-16)30-5/h6-10,12,14H,1,11,13,15H2,2-5H3,(H,25,27). The number of ether oxygens (including phenoxy) is 3. The monoisotopic (exact) mass is 424 g/mol. The van der Waals surface area contributed by atoms with Gasteiger partial charge in [-0.3, -0.25) is 9.59 Å². The van der Waals surface area contributed by atoms with Gasteiger partial charge in [-0.05, 0) is 43.7 Å². The second-order valence-electron chi connectivity index (χ2n) is 7.97. The fraction of sp³-hybridized carbons (Fsp3) is 0.333. The van der Waals surface area contributed by atoms with Crippen molar-refractivity contribution in [2.75, 3.05) is 37.6 Å². The summed E-state index contributed by atoms with van der Waals surface area (Å²) in [6.07, 6.45) is 1.86. The molecular weight excluding hydrogens is 396 g/mol. The lowest BCUT2D eigenvalue weighted by Crippen LogP contribution is -2.42. The number of fused-ring (bicyclic) bond motifs is 1. The van der Waals surface area contributed by atoms with Crippen LogP contribution in [0.1, 0.15) is 19.4 Å². The molecule has 164 valence electrons. The first-order chi connectivity index (χ1) is 14.8. The molecule has 0 aromatic heterocycles. The van der Waals surface area contributed by atoms with Gasteiger partial charge in [0.2, 0.25) is 11.8 Å². The maximum Gasteiger partial charge on any atom is 0.236 e. The average molecular weight is 424 g/mol. The third kappa shape index (κ3) is 4.82. The number of hydrogen-bond donors (Lipinski definition) is 1. The molecule has 0 saturated heterocycles. The number of benzene rings is 2. The van der Waals surface area contributed by atoms with Crippen LogP contribution in [0, 0.1) is 5.41 Å². The lowest BCUT2D eigenvalue weighted by Gasteiger charge is -2.27. The zero-order chi connectivity index (χ0) is 22.6. The van der Waals surface area contributed by atoms with Crippen molar-refractivity contribution in [3.05, 3.63) is 54.6 Å². The van der Waals surface area contributed by atoms with Gasteiger partial charge in [-0.25, -0.2) is 0 Å². The van der Waals surface area contributed by atoms with Crippen LogP contribution in [-0.2, 0) is 16.0 Å². The van der Waals surface area contributed by atoms with Crippen LogP contribution in [0.3, 0.4) is 0 Å². The molecule has 0 spiro atoms. The summed E-state index contributed by atoms with van der Waals surface area (Å²) < 4.78 is 16.5. The normalized spacial score (nSPS) is 14.7. The highest BCUT2D eigenvalue weighted by Crippen LogP contribution is 2.38. The second kappa shape index (κ2) is 9.12. The van der Waals surface area contributed by atoms with Crippen molar-refractivity contribution >= 4 is 23.2 Å². The highest BCUT2D eigenvalue weighted by Gasteiger charge is 2.37. The van der Waals surface area contributed by atoms with E-state index in [1.807, 2.05) is 19.9 Å². The third-order valence-electron chi connectivity index (χ3n) is 5.07. The van der Waals surface area contributed by atoms with Crippen LogP contribution >= 0.6 is 0 Å². The Kier molecular flexibility index (Phi) is 6.53. The van der Waals surface area contributed by atoms with Crippen molar-refractivity contribution < 1.29 is 23.8 Å². The van der Waals surface area contributed by atoms with Crippen molar-refractivity contribution in [2.45, 2.75) is 20.3 Å². The fourth-order valence-corrected chi connectivity index (χ4v) is 3.42. The van der Waals surface area contributed by atoms with Crippen molar-refractivity contribution in [3.63, 3.8) is 0 Å². The first-order valence-electron chi connectivity index (χ1n) is 9.99. The van der Waals surface area contributed by atoms with E-state index in [1.54, 1.807) is 55.5 Å². The number of rotatable bonds is 7. The van der Waals surface area contributed by atoms with Gasteiger partial charge in [0.1, 0.15) is 12.4 Å². The van der Waals surface area contributed by atoms with E-state index < -0.39 is 5.41 Å². The van der Waals surface area contributed by atoms with Gasteiger partial charge in [-0.15, -0.1) is 6.58 Å². The minimum Gasteiger partial charge on any atom is -0.493 e. The van der Waals surface area contributed by atoms with E-state index in [0.29, 0.717) is 35.2 Å². The molecule has 0 radical (unpaired) electrons. The number of carbonyl (C=O) groups is 2. The molecule has 1 heterocycles. The van der Waals surface area contributed by atoms with Crippen molar-refractivity contribution in [3.8, 4) is 17.2 Å². The Morgan fingerprint density at radius 2 is 1.94 bits per heavy atom. The van der Waals surface area contributed by atoms with Crippen LogP contribution in [0.5, 0.6) is 17.2 Å². The summed E-state index contributed by atoms with van der Waals surface area (Å²) in [6.45, 7) is 8.08. The van der Waals surface area contributed by atoms with Crippen LogP contribution in [0.4, 0.5) is 11.4 Å². The zero-order valence-electron chi connectivity index (χ0n) is 18.4. The lowest BCUT2D eigenvalue weighted by molar-refractivity contribution is -0.127. The molecule has 0 bridgehead atoms. The van der Waals surface area contributed by atoms with Gasteiger partial charge in [0, 0.05) is 18.3 Å². The average Bonchev–Trinajstić information content (AvgIpc) is 2.84. The maximum absolute atomic E-state index is 12.9. The number of anilines is 2. The van der Waals surface area contributed by atoms with E-state index in [4.69, 9.17) is 14.2 Å². The van der Waals surface area contributed by atoms with Gasteiger partial charge in [0.15, 0.2) is 11.5 Å². The first-order valence-corrected chi connectivity index (χ1v) is 9.99. The highest BCUT2D eigenvalue weighted by atomic mass is 16.5. The molecule has 1 aliphatic heterocycles. The summed E-state index contributed by atoms with van der Waals surface area (Å²) >= 11 is 0. The predicted octanol–water partition coefficient (Wildman–Crippen LogP) is 3.82. The smallest absolute Gasteiger partial charge is 0.236 e. The van der Waals surface area contributed by atoms with Crippen molar-refractivity contribution in [1.82, 2.24) is 0 Å². The van der Waals surface area contributed by atoms with E-state index >= 15 is 0 Å². The Morgan fingerprint density at radius 1 is 1.19 bits per heavy atom. The van der Waals surface area contributed by atoms with E-state index in [1.165, 1.54) is 0 Å². The maximum atomic E-state index is 12.9. The summed E-state index contributed by atoms with van der Waals surface area (Å²) in [5, 5.41) is 2.89. The molecule has 7 heteroatoms. The van der Waals surface area contributed by atoms with E-state index in [-0.39, 0.29) is 24.8 Å². The van der Waals surface area contributed by atoms with E-state index in [0.717, 1.165) is 5.56 Å². The molecule has 0 unspecified atom stereocenters. The molecule has 31 heavy (non-hydrogen) atoms. The van der Waals surface area contributed by atoms with E-state index in [9.17, 15) is 9.59 Å². The van der Waals surface area contributed by atoms with Gasteiger partial charge in [0.05, 0.1) is 31.7 Å². The number of carbonyl (C=O) groups excluding carboxylic acids is 2. The molecule has 2 aromatic rings.